The first-order valence-electron chi connectivity index (χ1n) is 8.92. The summed E-state index contributed by atoms with van der Waals surface area (Å²) in [4.78, 5) is 5.47. The van der Waals surface area contributed by atoms with E-state index in [1.54, 1.807) is 0 Å². The monoisotopic (exact) mass is 344 g/mol. The number of fused-ring (bicyclic) bond motifs is 1. The van der Waals surface area contributed by atoms with Crippen LogP contribution in [0.2, 0.25) is 0 Å². The van der Waals surface area contributed by atoms with Gasteiger partial charge in [0.15, 0.2) is 0 Å². The molecule has 0 spiro atoms. The summed E-state index contributed by atoms with van der Waals surface area (Å²) in [5.74, 6) is 0. The van der Waals surface area contributed by atoms with E-state index in [4.69, 9.17) is 0 Å². The van der Waals surface area contributed by atoms with Gasteiger partial charge in [0.1, 0.15) is 0 Å². The van der Waals surface area contributed by atoms with E-state index in [0.29, 0.717) is 0 Å². The number of hydrogen-bond donors (Lipinski definition) is 0. The largest absolute Gasteiger partial charge is 0.301 e. The van der Waals surface area contributed by atoms with Crippen LogP contribution >= 0.6 is 15.9 Å². The van der Waals surface area contributed by atoms with Crippen molar-refractivity contribution in [1.82, 2.24) is 9.80 Å². The minimum Gasteiger partial charge on any atom is -0.301 e. The molecule has 2 aliphatic rings. The standard InChI is InChI=1S/C17H33BrN2/c18-11-7-4-2-1-3-5-8-12-19-14-15-20-13-9-6-10-17(20)16-19/h17H,1-16H2. The van der Waals surface area contributed by atoms with Crippen LogP contribution in [0.15, 0.2) is 0 Å². The van der Waals surface area contributed by atoms with Crippen LogP contribution in [-0.2, 0) is 0 Å². The van der Waals surface area contributed by atoms with Gasteiger partial charge in [0.05, 0.1) is 0 Å². The summed E-state index contributed by atoms with van der Waals surface area (Å²) in [7, 11) is 0. The zero-order valence-corrected chi connectivity index (χ0v) is 14.7. The van der Waals surface area contributed by atoms with Crippen LogP contribution in [-0.4, -0.2) is 53.9 Å². The fraction of sp³-hybridized carbons (Fsp3) is 1.00. The zero-order valence-electron chi connectivity index (χ0n) is 13.2. The van der Waals surface area contributed by atoms with Gasteiger partial charge in [-0.25, -0.2) is 0 Å². The third-order valence-electron chi connectivity index (χ3n) is 5.03. The van der Waals surface area contributed by atoms with Gasteiger partial charge in [0.25, 0.3) is 0 Å². The summed E-state index contributed by atoms with van der Waals surface area (Å²) in [5.41, 5.74) is 0. The summed E-state index contributed by atoms with van der Waals surface area (Å²) in [6.45, 7) is 6.73. The quantitative estimate of drug-likeness (QED) is 0.455. The van der Waals surface area contributed by atoms with Crippen LogP contribution in [0.5, 0.6) is 0 Å². The maximum Gasteiger partial charge on any atom is 0.0223 e. The molecule has 0 aromatic heterocycles. The average Bonchev–Trinajstić information content (AvgIpc) is 2.50. The number of piperidine rings is 1. The van der Waals surface area contributed by atoms with Gasteiger partial charge in [-0.15, -0.1) is 0 Å². The Balaban J connectivity index is 1.46. The number of alkyl halides is 1. The Hall–Kier alpha value is 0.400. The predicted octanol–water partition coefficient (Wildman–Crippen LogP) is 4.28. The normalized spacial score (nSPS) is 24.8. The molecule has 0 saturated carbocycles. The predicted molar refractivity (Wildman–Crippen MR) is 91.8 cm³/mol. The first-order valence-corrected chi connectivity index (χ1v) is 10.0. The fourth-order valence-corrected chi connectivity index (χ4v) is 4.13. The van der Waals surface area contributed by atoms with E-state index in [9.17, 15) is 0 Å². The van der Waals surface area contributed by atoms with Crippen molar-refractivity contribution in [3.8, 4) is 0 Å². The van der Waals surface area contributed by atoms with Crippen molar-refractivity contribution < 1.29 is 0 Å². The van der Waals surface area contributed by atoms with Crippen molar-refractivity contribution in [2.45, 2.75) is 70.3 Å². The Labute approximate surface area is 134 Å². The topological polar surface area (TPSA) is 6.48 Å². The molecule has 2 saturated heterocycles. The van der Waals surface area contributed by atoms with Crippen LogP contribution in [0, 0.1) is 0 Å². The van der Waals surface area contributed by atoms with Gasteiger partial charge in [-0.05, 0) is 38.8 Å². The summed E-state index contributed by atoms with van der Waals surface area (Å²) in [6.07, 6.45) is 14.3. The molecule has 2 heterocycles. The van der Waals surface area contributed by atoms with Crippen LogP contribution < -0.4 is 0 Å². The second kappa shape index (κ2) is 10.2. The molecule has 1 atom stereocenters. The van der Waals surface area contributed by atoms with E-state index in [2.05, 4.69) is 25.7 Å². The van der Waals surface area contributed by atoms with E-state index in [0.717, 1.165) is 6.04 Å². The molecule has 2 fully saturated rings. The van der Waals surface area contributed by atoms with E-state index in [1.807, 2.05) is 0 Å². The van der Waals surface area contributed by atoms with Crippen LogP contribution in [0.25, 0.3) is 0 Å². The zero-order chi connectivity index (χ0) is 14.0. The van der Waals surface area contributed by atoms with Crippen molar-refractivity contribution in [3.63, 3.8) is 0 Å². The molecule has 2 nitrogen and oxygen atoms in total. The first-order chi connectivity index (χ1) is 9.90. The highest BCUT2D eigenvalue weighted by molar-refractivity contribution is 9.09. The molecule has 0 N–H and O–H groups in total. The number of hydrogen-bond acceptors (Lipinski definition) is 2. The molecule has 0 aliphatic carbocycles. The van der Waals surface area contributed by atoms with Crippen LogP contribution in [0.1, 0.15) is 64.2 Å². The molecule has 20 heavy (non-hydrogen) atoms. The minimum atomic E-state index is 0.891. The molecule has 0 aromatic carbocycles. The molecular formula is C17H33BrN2. The van der Waals surface area contributed by atoms with E-state index in [-0.39, 0.29) is 0 Å². The van der Waals surface area contributed by atoms with Crippen molar-refractivity contribution >= 4 is 15.9 Å². The maximum atomic E-state index is 3.50. The highest BCUT2D eigenvalue weighted by atomic mass is 79.9. The third kappa shape index (κ3) is 6.03. The Morgan fingerprint density at radius 3 is 2.35 bits per heavy atom. The third-order valence-corrected chi connectivity index (χ3v) is 5.59. The molecule has 0 bridgehead atoms. The molecule has 2 aliphatic heterocycles. The molecule has 1 unspecified atom stereocenters. The summed E-state index contributed by atoms with van der Waals surface area (Å²) in [6, 6.07) is 0.891. The number of rotatable bonds is 9. The Morgan fingerprint density at radius 2 is 1.55 bits per heavy atom. The number of piperazine rings is 1. The summed E-state index contributed by atoms with van der Waals surface area (Å²) >= 11 is 3.50. The fourth-order valence-electron chi connectivity index (χ4n) is 3.74. The van der Waals surface area contributed by atoms with Crippen molar-refractivity contribution in [3.05, 3.63) is 0 Å². The molecular weight excluding hydrogens is 312 g/mol. The van der Waals surface area contributed by atoms with Gasteiger partial charge < -0.3 is 4.90 Å². The van der Waals surface area contributed by atoms with Gasteiger partial charge in [-0.2, -0.15) is 0 Å². The van der Waals surface area contributed by atoms with Gasteiger partial charge >= 0.3 is 0 Å². The van der Waals surface area contributed by atoms with Crippen LogP contribution in [0.3, 0.4) is 0 Å². The number of halogens is 1. The summed E-state index contributed by atoms with van der Waals surface area (Å²) in [5, 5.41) is 1.18. The molecule has 0 amide bonds. The van der Waals surface area contributed by atoms with Crippen molar-refractivity contribution in [1.29, 1.82) is 0 Å². The first kappa shape index (κ1) is 16.8. The molecule has 0 radical (unpaired) electrons. The maximum absolute atomic E-state index is 3.50. The van der Waals surface area contributed by atoms with Crippen LogP contribution in [0.4, 0.5) is 0 Å². The lowest BCUT2D eigenvalue weighted by Gasteiger charge is -2.44. The molecule has 118 valence electrons. The Bertz CT molecular complexity index is 247. The molecule has 0 aromatic rings. The highest BCUT2D eigenvalue weighted by Gasteiger charge is 2.28. The van der Waals surface area contributed by atoms with E-state index in [1.165, 1.54) is 102 Å². The number of nitrogens with zero attached hydrogens (tertiary/aromatic N) is 2. The average molecular weight is 345 g/mol. The van der Waals surface area contributed by atoms with E-state index >= 15 is 0 Å². The van der Waals surface area contributed by atoms with Gasteiger partial charge in [0, 0.05) is 31.0 Å². The minimum absolute atomic E-state index is 0.891. The number of unbranched alkanes of at least 4 members (excludes halogenated alkanes) is 6. The van der Waals surface area contributed by atoms with E-state index < -0.39 is 0 Å². The lowest BCUT2D eigenvalue weighted by Crippen LogP contribution is -2.54. The lowest BCUT2D eigenvalue weighted by atomic mass is 9.99. The molecule has 3 heteroatoms. The highest BCUT2D eigenvalue weighted by Crippen LogP contribution is 2.21. The van der Waals surface area contributed by atoms with Crippen molar-refractivity contribution in [2.24, 2.45) is 0 Å². The summed E-state index contributed by atoms with van der Waals surface area (Å²) < 4.78 is 0. The SMILES string of the molecule is BrCCCCCCCCCN1CCN2CCCCC2C1. The molecule has 2 rings (SSSR count). The van der Waals surface area contributed by atoms with Gasteiger partial charge in [0.2, 0.25) is 0 Å². The second-order valence-electron chi connectivity index (χ2n) is 6.65. The Morgan fingerprint density at radius 1 is 0.800 bits per heavy atom. The van der Waals surface area contributed by atoms with Gasteiger partial charge in [-0.3, -0.25) is 4.90 Å². The Kier molecular flexibility index (Phi) is 8.53. The lowest BCUT2D eigenvalue weighted by molar-refractivity contribution is 0.0486. The smallest absolute Gasteiger partial charge is 0.0223 e. The van der Waals surface area contributed by atoms with Gasteiger partial charge in [-0.1, -0.05) is 54.5 Å². The van der Waals surface area contributed by atoms with Crippen molar-refractivity contribution in [2.75, 3.05) is 38.1 Å². The second-order valence-corrected chi connectivity index (χ2v) is 7.44.